The van der Waals surface area contributed by atoms with E-state index in [-0.39, 0.29) is 0 Å². The van der Waals surface area contributed by atoms with Gasteiger partial charge in [0.25, 0.3) is 6.43 Å². The quantitative estimate of drug-likeness (QED) is 0.774. The van der Waals surface area contributed by atoms with Crippen LogP contribution in [0, 0.1) is 6.92 Å². The monoisotopic (exact) mass is 211 g/mol. The van der Waals surface area contributed by atoms with Crippen LogP contribution in [0.2, 0.25) is 0 Å². The third kappa shape index (κ3) is 1.77. The van der Waals surface area contributed by atoms with E-state index >= 15 is 0 Å². The number of fused-ring (bicyclic) bond motifs is 1. The maximum atomic E-state index is 12.2. The van der Waals surface area contributed by atoms with Crippen LogP contribution in [0.15, 0.2) is 18.3 Å². The first-order valence-corrected chi connectivity index (χ1v) is 4.57. The molecular weight excluding hydrogens is 200 g/mol. The number of hydrogen-bond acceptors (Lipinski definition) is 2. The van der Waals surface area contributed by atoms with Crippen molar-refractivity contribution in [1.29, 1.82) is 0 Å². The average molecular weight is 211 g/mol. The first kappa shape index (κ1) is 9.89. The van der Waals surface area contributed by atoms with Crippen molar-refractivity contribution in [2.75, 3.05) is 5.73 Å². The highest BCUT2D eigenvalue weighted by atomic mass is 19.3. The summed E-state index contributed by atoms with van der Waals surface area (Å²) in [7, 11) is 0. The summed E-state index contributed by atoms with van der Waals surface area (Å²) in [5.74, 6) is 0. The Balaban J connectivity index is 2.54. The van der Waals surface area contributed by atoms with E-state index in [9.17, 15) is 8.78 Å². The van der Waals surface area contributed by atoms with Gasteiger partial charge in [-0.05, 0) is 24.6 Å². The standard InChI is InChI=1S/C10H11F2N3/c1-6-2-7-4-14-15(5-10(11)12)9(7)3-8(6)13/h2-4,10H,5,13H2,1H3. The molecule has 0 aliphatic carbocycles. The first-order valence-electron chi connectivity index (χ1n) is 4.57. The average Bonchev–Trinajstić information content (AvgIpc) is 2.49. The largest absolute Gasteiger partial charge is 0.398 e. The lowest BCUT2D eigenvalue weighted by molar-refractivity contribution is 0.123. The van der Waals surface area contributed by atoms with Crippen molar-refractivity contribution in [3.63, 3.8) is 0 Å². The summed E-state index contributed by atoms with van der Waals surface area (Å²) < 4.78 is 25.7. The molecule has 0 aliphatic rings. The van der Waals surface area contributed by atoms with Crippen LogP contribution in [0.25, 0.3) is 10.9 Å². The third-order valence-electron chi connectivity index (χ3n) is 2.34. The number of halogens is 2. The highest BCUT2D eigenvalue weighted by Crippen LogP contribution is 2.21. The van der Waals surface area contributed by atoms with Crippen molar-refractivity contribution in [3.05, 3.63) is 23.9 Å². The molecule has 0 unspecified atom stereocenters. The number of aryl methyl sites for hydroxylation is 1. The predicted molar refractivity (Wildman–Crippen MR) is 54.9 cm³/mol. The molecule has 2 N–H and O–H groups in total. The Morgan fingerprint density at radius 3 is 2.87 bits per heavy atom. The number of aromatic nitrogens is 2. The molecular formula is C10H11F2N3. The number of hydrogen-bond donors (Lipinski definition) is 1. The third-order valence-corrected chi connectivity index (χ3v) is 2.34. The summed E-state index contributed by atoms with van der Waals surface area (Å²) in [6.45, 7) is 1.48. The first-order chi connectivity index (χ1) is 7.08. The summed E-state index contributed by atoms with van der Waals surface area (Å²) in [6.07, 6.45) is -0.833. The number of rotatable bonds is 2. The molecule has 2 rings (SSSR count). The summed E-state index contributed by atoms with van der Waals surface area (Å²) >= 11 is 0. The molecule has 0 bridgehead atoms. The zero-order chi connectivity index (χ0) is 11.0. The van der Waals surface area contributed by atoms with Crippen LogP contribution < -0.4 is 5.73 Å². The highest BCUT2D eigenvalue weighted by molar-refractivity contribution is 5.83. The van der Waals surface area contributed by atoms with Crippen LogP contribution in [0.4, 0.5) is 14.5 Å². The molecule has 1 aromatic carbocycles. The number of nitrogen functional groups attached to an aromatic ring is 1. The summed E-state index contributed by atoms with van der Waals surface area (Å²) in [6, 6.07) is 3.53. The van der Waals surface area contributed by atoms with Gasteiger partial charge in [0.05, 0.1) is 11.7 Å². The summed E-state index contributed by atoms with van der Waals surface area (Å²) in [5, 5.41) is 4.73. The second kappa shape index (κ2) is 3.49. The van der Waals surface area contributed by atoms with Gasteiger partial charge in [-0.2, -0.15) is 5.10 Å². The van der Waals surface area contributed by atoms with Gasteiger partial charge < -0.3 is 5.73 Å². The molecule has 80 valence electrons. The van der Waals surface area contributed by atoms with Crippen molar-refractivity contribution < 1.29 is 8.78 Å². The Morgan fingerprint density at radius 2 is 2.20 bits per heavy atom. The fourth-order valence-corrected chi connectivity index (χ4v) is 1.53. The minimum Gasteiger partial charge on any atom is -0.398 e. The molecule has 0 radical (unpaired) electrons. The van der Waals surface area contributed by atoms with Crippen LogP contribution in [-0.2, 0) is 6.54 Å². The zero-order valence-corrected chi connectivity index (χ0v) is 8.24. The maximum Gasteiger partial charge on any atom is 0.257 e. The van der Waals surface area contributed by atoms with Crippen molar-refractivity contribution in [2.24, 2.45) is 0 Å². The molecule has 0 fully saturated rings. The van der Waals surface area contributed by atoms with E-state index in [2.05, 4.69) is 5.10 Å². The van der Waals surface area contributed by atoms with Crippen molar-refractivity contribution in [3.8, 4) is 0 Å². The normalized spacial score (nSPS) is 11.5. The Bertz CT molecular complexity index is 491. The molecule has 0 saturated carbocycles. The lowest BCUT2D eigenvalue weighted by Crippen LogP contribution is -2.07. The molecule has 1 aromatic heterocycles. The topological polar surface area (TPSA) is 43.8 Å². The van der Waals surface area contributed by atoms with Gasteiger partial charge in [-0.15, -0.1) is 0 Å². The van der Waals surface area contributed by atoms with Gasteiger partial charge in [-0.1, -0.05) is 0 Å². The van der Waals surface area contributed by atoms with E-state index in [4.69, 9.17) is 5.73 Å². The minimum absolute atomic E-state index is 0.397. The molecule has 0 aliphatic heterocycles. The number of nitrogens with two attached hydrogens (primary N) is 1. The smallest absolute Gasteiger partial charge is 0.257 e. The van der Waals surface area contributed by atoms with Crippen molar-refractivity contribution in [1.82, 2.24) is 9.78 Å². The van der Waals surface area contributed by atoms with Gasteiger partial charge in [-0.3, -0.25) is 4.68 Å². The SMILES string of the molecule is Cc1cc2cnn(CC(F)F)c2cc1N. The van der Waals surface area contributed by atoms with E-state index in [1.54, 1.807) is 12.3 Å². The van der Waals surface area contributed by atoms with Gasteiger partial charge >= 0.3 is 0 Å². The second-order valence-electron chi connectivity index (χ2n) is 3.49. The van der Waals surface area contributed by atoms with E-state index in [0.717, 1.165) is 10.9 Å². The Labute approximate surface area is 85.5 Å². The fraction of sp³-hybridized carbons (Fsp3) is 0.300. The van der Waals surface area contributed by atoms with E-state index < -0.39 is 13.0 Å². The summed E-state index contributed by atoms with van der Waals surface area (Å²) in [5.41, 5.74) is 7.89. The van der Waals surface area contributed by atoms with Gasteiger partial charge in [0, 0.05) is 11.1 Å². The molecule has 0 amide bonds. The Morgan fingerprint density at radius 1 is 1.47 bits per heavy atom. The molecule has 0 atom stereocenters. The lowest BCUT2D eigenvalue weighted by atomic mass is 10.1. The van der Waals surface area contributed by atoms with E-state index in [1.807, 2.05) is 13.0 Å². The van der Waals surface area contributed by atoms with Crippen LogP contribution in [0.1, 0.15) is 5.56 Å². The molecule has 0 spiro atoms. The number of nitrogens with zero attached hydrogens (tertiary/aromatic N) is 2. The molecule has 3 nitrogen and oxygen atoms in total. The molecule has 2 aromatic rings. The van der Waals surface area contributed by atoms with E-state index in [0.29, 0.717) is 11.2 Å². The highest BCUT2D eigenvalue weighted by Gasteiger charge is 2.09. The number of anilines is 1. The van der Waals surface area contributed by atoms with Crippen LogP contribution in [0.5, 0.6) is 0 Å². The molecule has 1 heterocycles. The van der Waals surface area contributed by atoms with Crippen LogP contribution >= 0.6 is 0 Å². The minimum atomic E-state index is -2.41. The van der Waals surface area contributed by atoms with E-state index in [1.165, 1.54) is 4.68 Å². The van der Waals surface area contributed by atoms with Crippen LogP contribution in [0.3, 0.4) is 0 Å². The summed E-state index contributed by atoms with van der Waals surface area (Å²) in [4.78, 5) is 0. The van der Waals surface area contributed by atoms with Gasteiger partial charge in [0.1, 0.15) is 6.54 Å². The van der Waals surface area contributed by atoms with Crippen molar-refractivity contribution in [2.45, 2.75) is 19.9 Å². The molecule has 0 saturated heterocycles. The van der Waals surface area contributed by atoms with Crippen LogP contribution in [-0.4, -0.2) is 16.2 Å². The van der Waals surface area contributed by atoms with Gasteiger partial charge in [-0.25, -0.2) is 8.78 Å². The number of benzene rings is 1. The fourth-order valence-electron chi connectivity index (χ4n) is 1.53. The number of alkyl halides is 2. The maximum absolute atomic E-state index is 12.2. The lowest BCUT2D eigenvalue weighted by Gasteiger charge is -2.04. The van der Waals surface area contributed by atoms with Crippen molar-refractivity contribution >= 4 is 16.6 Å². The second-order valence-corrected chi connectivity index (χ2v) is 3.49. The van der Waals surface area contributed by atoms with Gasteiger partial charge in [0.15, 0.2) is 0 Å². The predicted octanol–water partition coefficient (Wildman–Crippen LogP) is 2.19. The molecule has 15 heavy (non-hydrogen) atoms. The Kier molecular flexibility index (Phi) is 2.30. The zero-order valence-electron chi connectivity index (χ0n) is 8.24. The van der Waals surface area contributed by atoms with Gasteiger partial charge in [0.2, 0.25) is 0 Å². The Hall–Kier alpha value is -1.65. The molecule has 5 heteroatoms.